The van der Waals surface area contributed by atoms with Crippen LogP contribution >= 0.6 is 0 Å². The number of aromatic amines is 1. The van der Waals surface area contributed by atoms with Gasteiger partial charge < -0.3 is 10.3 Å². The van der Waals surface area contributed by atoms with Crippen LogP contribution in [0.2, 0.25) is 0 Å². The molecule has 1 aromatic heterocycles. The highest BCUT2D eigenvalue weighted by molar-refractivity contribution is 5.94. The van der Waals surface area contributed by atoms with Gasteiger partial charge >= 0.3 is 0 Å². The Bertz CT molecular complexity index is 771. The average molecular weight is 320 g/mol. The van der Waals surface area contributed by atoms with Gasteiger partial charge in [0.2, 0.25) is 0 Å². The molecule has 23 heavy (non-hydrogen) atoms. The Hall–Kier alpha value is -2.50. The zero-order valence-corrected chi connectivity index (χ0v) is 13.0. The first-order valence-corrected chi connectivity index (χ1v) is 7.37. The summed E-state index contributed by atoms with van der Waals surface area (Å²) in [5.41, 5.74) is 0.388. The van der Waals surface area contributed by atoms with E-state index >= 15 is 0 Å². The summed E-state index contributed by atoms with van der Waals surface area (Å²) in [6.45, 7) is 3.59. The van der Waals surface area contributed by atoms with Gasteiger partial charge in [-0.2, -0.15) is 0 Å². The van der Waals surface area contributed by atoms with Crippen LogP contribution in [0.4, 0.5) is 8.78 Å². The number of nitrogens with one attached hydrogen (secondary N) is 2. The van der Waals surface area contributed by atoms with Crippen molar-refractivity contribution in [1.29, 1.82) is 0 Å². The van der Waals surface area contributed by atoms with E-state index in [4.69, 9.17) is 0 Å². The van der Waals surface area contributed by atoms with Crippen molar-refractivity contribution in [3.63, 3.8) is 0 Å². The van der Waals surface area contributed by atoms with Crippen molar-refractivity contribution < 1.29 is 13.6 Å². The van der Waals surface area contributed by atoms with Crippen LogP contribution in [-0.2, 0) is 0 Å². The Labute approximate surface area is 132 Å². The summed E-state index contributed by atoms with van der Waals surface area (Å²) in [6, 6.07) is 3.93. The summed E-state index contributed by atoms with van der Waals surface area (Å²) in [7, 11) is 0. The number of hydrogen-bond donors (Lipinski definition) is 2. The SMILES string of the molecule is CCC[C@H](NC(=O)c1c[nH]c(C)cc1=O)c1ccc(F)cc1F. The second-order valence-corrected chi connectivity index (χ2v) is 5.37. The minimum absolute atomic E-state index is 0.0424. The molecular weight excluding hydrogens is 302 g/mol. The maximum Gasteiger partial charge on any atom is 0.257 e. The smallest absolute Gasteiger partial charge is 0.257 e. The fraction of sp³-hybridized carbons (Fsp3) is 0.294. The minimum atomic E-state index is -0.721. The van der Waals surface area contributed by atoms with Crippen LogP contribution in [0.25, 0.3) is 0 Å². The molecule has 0 aliphatic heterocycles. The molecule has 0 aliphatic rings. The van der Waals surface area contributed by atoms with Gasteiger partial charge in [-0.1, -0.05) is 19.4 Å². The summed E-state index contributed by atoms with van der Waals surface area (Å²) in [6.07, 6.45) is 2.49. The number of aryl methyl sites for hydroxylation is 1. The van der Waals surface area contributed by atoms with Crippen molar-refractivity contribution in [1.82, 2.24) is 10.3 Å². The standard InChI is InChI=1S/C17H18F2N2O2/c1-3-4-15(12-6-5-11(18)8-14(12)19)21-17(23)13-9-20-10(2)7-16(13)22/h5-9,15H,3-4H2,1-2H3,(H,20,22)(H,21,23)/t15-/m0/s1. The lowest BCUT2D eigenvalue weighted by Gasteiger charge is -2.19. The maximum absolute atomic E-state index is 13.9. The molecule has 0 unspecified atom stereocenters. The molecule has 0 saturated carbocycles. The molecule has 0 bridgehead atoms. The number of rotatable bonds is 5. The number of carbonyl (C=O) groups excluding carboxylic acids is 1. The van der Waals surface area contributed by atoms with E-state index < -0.39 is 29.0 Å². The Morgan fingerprint density at radius 3 is 2.65 bits per heavy atom. The van der Waals surface area contributed by atoms with Crippen LogP contribution < -0.4 is 10.7 Å². The van der Waals surface area contributed by atoms with Gasteiger partial charge in [0, 0.05) is 29.6 Å². The van der Waals surface area contributed by atoms with E-state index in [1.54, 1.807) is 6.92 Å². The number of amides is 1. The normalized spacial score (nSPS) is 12.0. The third-order valence-electron chi connectivity index (χ3n) is 3.52. The van der Waals surface area contributed by atoms with E-state index in [-0.39, 0.29) is 11.1 Å². The minimum Gasteiger partial charge on any atom is -0.364 e. The van der Waals surface area contributed by atoms with Crippen LogP contribution in [0.15, 0.2) is 35.3 Å². The zero-order valence-electron chi connectivity index (χ0n) is 13.0. The highest BCUT2D eigenvalue weighted by Gasteiger charge is 2.20. The zero-order chi connectivity index (χ0) is 17.0. The molecule has 0 aliphatic carbocycles. The lowest BCUT2D eigenvalue weighted by atomic mass is 10.0. The van der Waals surface area contributed by atoms with E-state index in [1.807, 2.05) is 6.92 Å². The van der Waals surface area contributed by atoms with Gasteiger partial charge in [-0.05, 0) is 19.4 Å². The predicted molar refractivity (Wildman–Crippen MR) is 83.3 cm³/mol. The monoisotopic (exact) mass is 320 g/mol. The number of H-pyrrole nitrogens is 1. The molecule has 122 valence electrons. The molecule has 1 atom stereocenters. The first-order chi connectivity index (χ1) is 10.9. The fourth-order valence-electron chi connectivity index (χ4n) is 2.36. The largest absolute Gasteiger partial charge is 0.364 e. The summed E-state index contributed by atoms with van der Waals surface area (Å²) in [5, 5.41) is 2.65. The third-order valence-corrected chi connectivity index (χ3v) is 3.52. The molecular formula is C17H18F2N2O2. The van der Waals surface area contributed by atoms with E-state index in [1.165, 1.54) is 18.3 Å². The van der Waals surface area contributed by atoms with E-state index in [0.29, 0.717) is 18.5 Å². The van der Waals surface area contributed by atoms with Crippen LogP contribution in [-0.4, -0.2) is 10.9 Å². The Balaban J connectivity index is 2.28. The maximum atomic E-state index is 13.9. The molecule has 6 heteroatoms. The first-order valence-electron chi connectivity index (χ1n) is 7.37. The van der Waals surface area contributed by atoms with Gasteiger partial charge in [-0.3, -0.25) is 9.59 Å². The Morgan fingerprint density at radius 1 is 1.30 bits per heavy atom. The highest BCUT2D eigenvalue weighted by atomic mass is 19.1. The van der Waals surface area contributed by atoms with Gasteiger partial charge in [0.1, 0.15) is 17.2 Å². The fourth-order valence-corrected chi connectivity index (χ4v) is 2.36. The molecule has 2 aromatic rings. The topological polar surface area (TPSA) is 62.0 Å². The molecule has 2 rings (SSSR count). The second-order valence-electron chi connectivity index (χ2n) is 5.37. The second kappa shape index (κ2) is 7.17. The summed E-state index contributed by atoms with van der Waals surface area (Å²) < 4.78 is 27.0. The molecule has 0 spiro atoms. The Kier molecular flexibility index (Phi) is 5.26. The summed E-state index contributed by atoms with van der Waals surface area (Å²) >= 11 is 0. The molecule has 1 aromatic carbocycles. The highest BCUT2D eigenvalue weighted by Crippen LogP contribution is 2.22. The molecule has 1 heterocycles. The van der Waals surface area contributed by atoms with Crippen molar-refractivity contribution in [3.8, 4) is 0 Å². The Morgan fingerprint density at radius 2 is 2.04 bits per heavy atom. The molecule has 0 fully saturated rings. The predicted octanol–water partition coefficient (Wildman–Crippen LogP) is 3.23. The van der Waals surface area contributed by atoms with Gasteiger partial charge in [0.15, 0.2) is 5.43 Å². The average Bonchev–Trinajstić information content (AvgIpc) is 2.46. The number of hydrogen-bond acceptors (Lipinski definition) is 2. The van der Waals surface area contributed by atoms with Crippen molar-refractivity contribution in [2.24, 2.45) is 0 Å². The number of halogens is 2. The van der Waals surface area contributed by atoms with Gasteiger partial charge in [0.05, 0.1) is 6.04 Å². The molecule has 2 N–H and O–H groups in total. The number of carbonyl (C=O) groups is 1. The van der Waals surface area contributed by atoms with Gasteiger partial charge in [0.25, 0.3) is 5.91 Å². The van der Waals surface area contributed by atoms with E-state index in [2.05, 4.69) is 10.3 Å². The number of benzene rings is 1. The lowest BCUT2D eigenvalue weighted by molar-refractivity contribution is 0.0932. The quantitative estimate of drug-likeness (QED) is 0.888. The summed E-state index contributed by atoms with van der Waals surface area (Å²) in [4.78, 5) is 27.0. The van der Waals surface area contributed by atoms with Crippen LogP contribution in [0.1, 0.15) is 47.4 Å². The molecule has 0 radical (unpaired) electrons. The van der Waals surface area contributed by atoms with Gasteiger partial charge in [-0.25, -0.2) is 8.78 Å². The molecule has 4 nitrogen and oxygen atoms in total. The number of pyridine rings is 1. The van der Waals surface area contributed by atoms with Crippen molar-refractivity contribution >= 4 is 5.91 Å². The van der Waals surface area contributed by atoms with Crippen molar-refractivity contribution in [3.05, 3.63) is 69.1 Å². The van der Waals surface area contributed by atoms with Crippen LogP contribution in [0.5, 0.6) is 0 Å². The first kappa shape index (κ1) is 16.9. The van der Waals surface area contributed by atoms with Crippen LogP contribution in [0, 0.1) is 18.6 Å². The van der Waals surface area contributed by atoms with E-state index in [9.17, 15) is 18.4 Å². The van der Waals surface area contributed by atoms with Crippen molar-refractivity contribution in [2.45, 2.75) is 32.7 Å². The van der Waals surface area contributed by atoms with Crippen molar-refractivity contribution in [2.75, 3.05) is 0 Å². The van der Waals surface area contributed by atoms with E-state index in [0.717, 1.165) is 12.1 Å². The molecule has 0 saturated heterocycles. The lowest BCUT2D eigenvalue weighted by Crippen LogP contribution is -2.32. The third kappa shape index (κ3) is 4.03. The van der Waals surface area contributed by atoms with Gasteiger partial charge in [-0.15, -0.1) is 0 Å². The molecule has 1 amide bonds. The van der Waals surface area contributed by atoms with Crippen LogP contribution in [0.3, 0.4) is 0 Å². The number of aromatic nitrogens is 1. The summed E-state index contributed by atoms with van der Waals surface area (Å²) in [5.74, 6) is -1.99.